The largest absolute Gasteiger partial charge is 0.308 e. The Hall–Kier alpha value is -1.82. The molecular weight excluding hydrogens is 320 g/mol. The summed E-state index contributed by atoms with van der Waals surface area (Å²) in [4.78, 5) is 2.51. The molecule has 0 saturated carbocycles. The lowest BCUT2D eigenvalue weighted by atomic mass is 10.1. The maximum atomic E-state index is 12.2. The van der Waals surface area contributed by atoms with Crippen molar-refractivity contribution in [3.05, 3.63) is 70.8 Å². The number of rotatable bonds is 5. The predicted molar refractivity (Wildman–Crippen MR) is 89.7 cm³/mol. The van der Waals surface area contributed by atoms with Gasteiger partial charge in [0.25, 0.3) is 10.0 Å². The summed E-state index contributed by atoms with van der Waals surface area (Å²) in [6.45, 7) is 3.83. The Morgan fingerprint density at radius 3 is 2.18 bits per heavy atom. The van der Waals surface area contributed by atoms with Crippen molar-refractivity contribution in [1.29, 1.82) is 0 Å². The standard InChI is InChI=1S/C16H17ClN2O2S/c1-3-16(13-6-4-12(2)5-7-13)18-19-22(20,21)15-10-8-14(17)9-11-15/h3-11,18-19H,1-2H3. The molecule has 0 atom stereocenters. The highest BCUT2D eigenvalue weighted by atomic mass is 35.5. The molecule has 2 aromatic carbocycles. The molecule has 0 aromatic heterocycles. The van der Waals surface area contributed by atoms with Crippen LogP contribution < -0.4 is 10.3 Å². The van der Waals surface area contributed by atoms with Gasteiger partial charge in [-0.2, -0.15) is 0 Å². The van der Waals surface area contributed by atoms with Crippen molar-refractivity contribution in [2.45, 2.75) is 18.7 Å². The third kappa shape index (κ3) is 4.10. The van der Waals surface area contributed by atoms with Crippen LogP contribution in [0, 0.1) is 6.92 Å². The second-order valence-electron chi connectivity index (χ2n) is 4.75. The fourth-order valence-corrected chi connectivity index (χ4v) is 2.82. The Labute approximate surface area is 135 Å². The summed E-state index contributed by atoms with van der Waals surface area (Å²) in [6.07, 6.45) is 1.80. The SMILES string of the molecule is CC=C(NNS(=O)(=O)c1ccc(Cl)cc1)c1ccc(C)cc1. The van der Waals surface area contributed by atoms with Crippen LogP contribution >= 0.6 is 11.6 Å². The second-order valence-corrected chi connectivity index (χ2v) is 6.87. The Bertz CT molecular complexity index is 767. The average Bonchev–Trinajstić information content (AvgIpc) is 2.50. The quantitative estimate of drug-likeness (QED) is 0.822. The van der Waals surface area contributed by atoms with E-state index in [1.807, 2.05) is 38.1 Å². The molecule has 0 unspecified atom stereocenters. The first-order chi connectivity index (χ1) is 10.4. The molecule has 0 aliphatic heterocycles. The van der Waals surface area contributed by atoms with E-state index in [9.17, 15) is 8.42 Å². The number of nitrogens with one attached hydrogen (secondary N) is 2. The van der Waals surface area contributed by atoms with Crippen LogP contribution in [0.3, 0.4) is 0 Å². The lowest BCUT2D eigenvalue weighted by Gasteiger charge is -2.13. The van der Waals surface area contributed by atoms with E-state index in [0.717, 1.165) is 11.1 Å². The minimum absolute atomic E-state index is 0.142. The number of benzene rings is 2. The maximum Gasteiger partial charge on any atom is 0.257 e. The first-order valence-corrected chi connectivity index (χ1v) is 8.55. The molecule has 0 fully saturated rings. The normalized spacial score (nSPS) is 12.2. The molecule has 0 amide bonds. The second kappa shape index (κ2) is 6.96. The van der Waals surface area contributed by atoms with Crippen molar-refractivity contribution in [1.82, 2.24) is 10.3 Å². The molecule has 0 aliphatic carbocycles. The van der Waals surface area contributed by atoms with Crippen LogP contribution in [0.1, 0.15) is 18.1 Å². The summed E-state index contributed by atoms with van der Waals surface area (Å²) in [6, 6.07) is 13.8. The molecule has 0 heterocycles. The molecule has 6 heteroatoms. The van der Waals surface area contributed by atoms with Gasteiger partial charge >= 0.3 is 0 Å². The Kier molecular flexibility index (Phi) is 5.24. The van der Waals surface area contributed by atoms with Crippen LogP contribution in [0.4, 0.5) is 0 Å². The van der Waals surface area contributed by atoms with Gasteiger partial charge in [-0.15, -0.1) is 4.83 Å². The number of hydrazine groups is 1. The van der Waals surface area contributed by atoms with Gasteiger partial charge in [-0.05, 0) is 43.7 Å². The summed E-state index contributed by atoms with van der Waals surface area (Å²) < 4.78 is 24.4. The van der Waals surface area contributed by atoms with Crippen molar-refractivity contribution >= 4 is 27.3 Å². The molecule has 2 aromatic rings. The lowest BCUT2D eigenvalue weighted by Crippen LogP contribution is -2.36. The van der Waals surface area contributed by atoms with E-state index in [0.29, 0.717) is 10.7 Å². The first kappa shape index (κ1) is 16.5. The predicted octanol–water partition coefficient (Wildman–Crippen LogP) is 3.49. The van der Waals surface area contributed by atoms with Crippen molar-refractivity contribution < 1.29 is 8.42 Å². The first-order valence-electron chi connectivity index (χ1n) is 6.69. The molecule has 0 saturated heterocycles. The summed E-state index contributed by atoms with van der Waals surface area (Å²) >= 11 is 5.76. The van der Waals surface area contributed by atoms with Gasteiger partial charge < -0.3 is 5.43 Å². The van der Waals surface area contributed by atoms with Gasteiger partial charge in [-0.3, -0.25) is 0 Å². The zero-order valence-corrected chi connectivity index (χ0v) is 13.9. The Morgan fingerprint density at radius 2 is 1.64 bits per heavy atom. The molecule has 0 radical (unpaired) electrons. The number of aryl methyl sites for hydroxylation is 1. The van der Waals surface area contributed by atoms with E-state index in [4.69, 9.17) is 11.6 Å². The van der Waals surface area contributed by atoms with Gasteiger partial charge in [0.05, 0.1) is 10.6 Å². The summed E-state index contributed by atoms with van der Waals surface area (Å²) in [5.74, 6) is 0. The fraction of sp³-hybridized carbons (Fsp3) is 0.125. The van der Waals surface area contributed by atoms with Crippen molar-refractivity contribution in [2.75, 3.05) is 0 Å². The number of hydrogen-bond acceptors (Lipinski definition) is 3. The highest BCUT2D eigenvalue weighted by Gasteiger charge is 2.14. The molecule has 116 valence electrons. The zero-order chi connectivity index (χ0) is 16.2. The van der Waals surface area contributed by atoms with Crippen molar-refractivity contribution in [2.24, 2.45) is 0 Å². The van der Waals surface area contributed by atoms with Gasteiger partial charge in [0.15, 0.2) is 0 Å². The van der Waals surface area contributed by atoms with Crippen molar-refractivity contribution in [3.63, 3.8) is 0 Å². The summed E-state index contributed by atoms with van der Waals surface area (Å²) in [7, 11) is -3.66. The smallest absolute Gasteiger partial charge is 0.257 e. The van der Waals surface area contributed by atoms with Crippen LogP contribution in [0.15, 0.2) is 59.5 Å². The average molecular weight is 337 g/mol. The molecule has 2 N–H and O–H groups in total. The molecule has 0 aliphatic rings. The number of sulfonamides is 1. The third-order valence-corrected chi connectivity index (χ3v) is 4.61. The van der Waals surface area contributed by atoms with E-state index in [1.54, 1.807) is 6.08 Å². The number of allylic oxidation sites excluding steroid dienone is 1. The van der Waals surface area contributed by atoms with Crippen LogP contribution in [0.25, 0.3) is 5.70 Å². The Balaban J connectivity index is 2.13. The van der Waals surface area contributed by atoms with E-state index in [-0.39, 0.29) is 4.90 Å². The van der Waals surface area contributed by atoms with Crippen LogP contribution in [-0.4, -0.2) is 8.42 Å². The highest BCUT2D eigenvalue weighted by Crippen LogP contribution is 2.15. The van der Waals surface area contributed by atoms with Crippen LogP contribution in [0.5, 0.6) is 0 Å². The summed E-state index contributed by atoms with van der Waals surface area (Å²) in [5.41, 5.74) is 5.46. The van der Waals surface area contributed by atoms with Gasteiger partial charge in [-0.25, -0.2) is 8.42 Å². The van der Waals surface area contributed by atoms with E-state index < -0.39 is 10.0 Å². The topological polar surface area (TPSA) is 58.2 Å². The molecular formula is C16H17ClN2O2S. The van der Waals surface area contributed by atoms with E-state index in [1.165, 1.54) is 24.3 Å². The molecule has 2 rings (SSSR count). The lowest BCUT2D eigenvalue weighted by molar-refractivity contribution is 0.576. The fourth-order valence-electron chi connectivity index (χ4n) is 1.84. The minimum Gasteiger partial charge on any atom is -0.308 e. The zero-order valence-electron chi connectivity index (χ0n) is 12.3. The molecule has 22 heavy (non-hydrogen) atoms. The van der Waals surface area contributed by atoms with Gasteiger partial charge in [0.1, 0.15) is 0 Å². The monoisotopic (exact) mass is 336 g/mol. The number of hydrogen-bond donors (Lipinski definition) is 2. The molecule has 0 bridgehead atoms. The van der Waals surface area contributed by atoms with Gasteiger partial charge in [-0.1, -0.05) is 47.5 Å². The third-order valence-electron chi connectivity index (χ3n) is 3.10. The molecule has 4 nitrogen and oxygen atoms in total. The van der Waals surface area contributed by atoms with Gasteiger partial charge in [0.2, 0.25) is 0 Å². The van der Waals surface area contributed by atoms with Crippen LogP contribution in [0.2, 0.25) is 5.02 Å². The van der Waals surface area contributed by atoms with E-state index in [2.05, 4.69) is 10.3 Å². The molecule has 0 spiro atoms. The minimum atomic E-state index is -3.66. The van der Waals surface area contributed by atoms with Crippen molar-refractivity contribution in [3.8, 4) is 0 Å². The van der Waals surface area contributed by atoms with E-state index >= 15 is 0 Å². The van der Waals surface area contributed by atoms with Crippen LogP contribution in [-0.2, 0) is 10.0 Å². The summed E-state index contributed by atoms with van der Waals surface area (Å²) in [5, 5.41) is 0.487. The maximum absolute atomic E-state index is 12.2. The van der Waals surface area contributed by atoms with Gasteiger partial charge in [0, 0.05) is 5.02 Å². The Morgan fingerprint density at radius 1 is 1.05 bits per heavy atom. The number of halogens is 1. The highest BCUT2D eigenvalue weighted by molar-refractivity contribution is 7.89.